The Bertz CT molecular complexity index is 333. The van der Waals surface area contributed by atoms with Gasteiger partial charge in [-0.1, -0.05) is 13.3 Å². The average molecular weight is 265 g/mol. The standard InChI is InChI=1S/C15H27N3O/c1-2-18-8-4-6-12(18)10-17-15(19)14-13-7-3-5-11(13)9-16-14/h11-14,16H,2-10H2,1H3,(H,17,19). The molecule has 0 aromatic carbocycles. The highest BCUT2D eigenvalue weighted by Crippen LogP contribution is 2.37. The van der Waals surface area contributed by atoms with Gasteiger partial charge in [-0.2, -0.15) is 0 Å². The van der Waals surface area contributed by atoms with E-state index in [1.54, 1.807) is 0 Å². The molecule has 0 radical (unpaired) electrons. The molecule has 3 aliphatic rings. The van der Waals surface area contributed by atoms with Crippen molar-refractivity contribution in [2.45, 2.75) is 51.1 Å². The third-order valence-electron chi connectivity index (χ3n) is 5.45. The number of nitrogens with one attached hydrogen (secondary N) is 2. The fourth-order valence-electron chi connectivity index (χ4n) is 4.35. The molecule has 4 atom stereocenters. The second kappa shape index (κ2) is 5.80. The van der Waals surface area contributed by atoms with E-state index in [0.29, 0.717) is 12.0 Å². The molecule has 0 spiro atoms. The number of nitrogens with zero attached hydrogens (tertiary/aromatic N) is 1. The monoisotopic (exact) mass is 265 g/mol. The maximum Gasteiger partial charge on any atom is 0.237 e. The van der Waals surface area contributed by atoms with Crippen LogP contribution in [0.4, 0.5) is 0 Å². The third-order valence-corrected chi connectivity index (χ3v) is 5.45. The number of hydrogen-bond acceptors (Lipinski definition) is 3. The van der Waals surface area contributed by atoms with Gasteiger partial charge < -0.3 is 10.6 Å². The van der Waals surface area contributed by atoms with E-state index in [1.807, 2.05) is 0 Å². The molecule has 19 heavy (non-hydrogen) atoms. The molecule has 3 fully saturated rings. The molecule has 1 saturated carbocycles. The molecule has 4 nitrogen and oxygen atoms in total. The van der Waals surface area contributed by atoms with Gasteiger partial charge in [0.2, 0.25) is 5.91 Å². The van der Waals surface area contributed by atoms with E-state index >= 15 is 0 Å². The normalized spacial score (nSPS) is 38.6. The van der Waals surface area contributed by atoms with Crippen molar-refractivity contribution in [3.05, 3.63) is 0 Å². The van der Waals surface area contributed by atoms with Crippen LogP contribution in [0.15, 0.2) is 0 Å². The topological polar surface area (TPSA) is 44.4 Å². The van der Waals surface area contributed by atoms with Crippen LogP contribution in [0.25, 0.3) is 0 Å². The second-order valence-corrected chi connectivity index (χ2v) is 6.41. The zero-order valence-corrected chi connectivity index (χ0v) is 12.0. The Morgan fingerprint density at radius 3 is 3.05 bits per heavy atom. The molecule has 4 heteroatoms. The number of rotatable bonds is 4. The van der Waals surface area contributed by atoms with Crippen molar-refractivity contribution in [2.24, 2.45) is 11.8 Å². The molecule has 1 aliphatic carbocycles. The lowest BCUT2D eigenvalue weighted by Gasteiger charge is -2.24. The summed E-state index contributed by atoms with van der Waals surface area (Å²) in [6.45, 7) is 6.40. The predicted molar refractivity (Wildman–Crippen MR) is 75.9 cm³/mol. The third kappa shape index (κ3) is 2.65. The number of hydrogen-bond donors (Lipinski definition) is 2. The molecule has 0 bridgehead atoms. The summed E-state index contributed by atoms with van der Waals surface area (Å²) >= 11 is 0. The van der Waals surface area contributed by atoms with Crippen molar-refractivity contribution >= 4 is 5.91 Å². The molecule has 2 heterocycles. The van der Waals surface area contributed by atoms with Crippen LogP contribution in [0.3, 0.4) is 0 Å². The van der Waals surface area contributed by atoms with Crippen molar-refractivity contribution in [3.63, 3.8) is 0 Å². The Kier molecular flexibility index (Phi) is 4.08. The zero-order valence-electron chi connectivity index (χ0n) is 12.0. The summed E-state index contributed by atoms with van der Waals surface area (Å²) in [4.78, 5) is 14.8. The van der Waals surface area contributed by atoms with Crippen LogP contribution in [0.1, 0.15) is 39.0 Å². The molecule has 2 aliphatic heterocycles. The lowest BCUT2D eigenvalue weighted by molar-refractivity contribution is -0.124. The Morgan fingerprint density at radius 1 is 1.32 bits per heavy atom. The Labute approximate surface area is 116 Å². The Balaban J connectivity index is 1.49. The molecule has 108 valence electrons. The highest BCUT2D eigenvalue weighted by Gasteiger charge is 2.42. The van der Waals surface area contributed by atoms with Crippen LogP contribution < -0.4 is 10.6 Å². The largest absolute Gasteiger partial charge is 0.353 e. The van der Waals surface area contributed by atoms with E-state index in [0.717, 1.165) is 25.6 Å². The average Bonchev–Trinajstić information content (AvgIpc) is 3.11. The molecule has 3 rings (SSSR count). The van der Waals surface area contributed by atoms with Crippen molar-refractivity contribution in [3.8, 4) is 0 Å². The van der Waals surface area contributed by atoms with Crippen LogP contribution >= 0.6 is 0 Å². The van der Waals surface area contributed by atoms with Gasteiger partial charge in [0.25, 0.3) is 0 Å². The summed E-state index contributed by atoms with van der Waals surface area (Å²) in [7, 11) is 0. The van der Waals surface area contributed by atoms with Crippen LogP contribution in [0.5, 0.6) is 0 Å². The summed E-state index contributed by atoms with van der Waals surface area (Å²) in [5, 5.41) is 6.63. The first-order valence-electron chi connectivity index (χ1n) is 8.04. The SMILES string of the molecule is CCN1CCCC1CNC(=O)C1NCC2CCCC21. The first-order valence-corrected chi connectivity index (χ1v) is 8.04. The maximum absolute atomic E-state index is 12.3. The van der Waals surface area contributed by atoms with Gasteiger partial charge in [0.05, 0.1) is 6.04 Å². The summed E-state index contributed by atoms with van der Waals surface area (Å²) in [6, 6.07) is 0.652. The molecular weight excluding hydrogens is 238 g/mol. The number of carbonyl (C=O) groups is 1. The molecule has 0 aromatic heterocycles. The van der Waals surface area contributed by atoms with Crippen LogP contribution in [0.2, 0.25) is 0 Å². The van der Waals surface area contributed by atoms with E-state index in [1.165, 1.54) is 38.6 Å². The quantitative estimate of drug-likeness (QED) is 0.796. The fraction of sp³-hybridized carbons (Fsp3) is 0.933. The van der Waals surface area contributed by atoms with Gasteiger partial charge in [-0.15, -0.1) is 0 Å². The molecule has 2 saturated heterocycles. The number of carbonyl (C=O) groups excluding carboxylic acids is 1. The Morgan fingerprint density at radius 2 is 2.21 bits per heavy atom. The van der Waals surface area contributed by atoms with Crippen molar-refractivity contribution in [2.75, 3.05) is 26.2 Å². The minimum Gasteiger partial charge on any atom is -0.353 e. The predicted octanol–water partition coefficient (Wildman–Crippen LogP) is 0.975. The van der Waals surface area contributed by atoms with Gasteiger partial charge in [0.15, 0.2) is 0 Å². The van der Waals surface area contributed by atoms with Crippen LogP contribution in [-0.2, 0) is 4.79 Å². The number of likely N-dealkylation sites (N-methyl/N-ethyl adjacent to an activating group) is 1. The lowest BCUT2D eigenvalue weighted by atomic mass is 9.93. The van der Waals surface area contributed by atoms with E-state index < -0.39 is 0 Å². The highest BCUT2D eigenvalue weighted by atomic mass is 16.2. The van der Waals surface area contributed by atoms with E-state index in [4.69, 9.17) is 0 Å². The minimum atomic E-state index is 0.0870. The first kappa shape index (κ1) is 13.4. The van der Waals surface area contributed by atoms with E-state index in [-0.39, 0.29) is 11.9 Å². The van der Waals surface area contributed by atoms with Crippen molar-refractivity contribution in [1.82, 2.24) is 15.5 Å². The van der Waals surface area contributed by atoms with Gasteiger partial charge in [0.1, 0.15) is 0 Å². The summed E-state index contributed by atoms with van der Waals surface area (Å²) in [6.07, 6.45) is 6.38. The summed E-state index contributed by atoms with van der Waals surface area (Å²) in [5.74, 6) is 1.61. The number of fused-ring (bicyclic) bond motifs is 1. The molecule has 0 aromatic rings. The van der Waals surface area contributed by atoms with E-state index in [9.17, 15) is 4.79 Å². The van der Waals surface area contributed by atoms with Gasteiger partial charge >= 0.3 is 0 Å². The summed E-state index contributed by atoms with van der Waals surface area (Å²) in [5.41, 5.74) is 0. The minimum absolute atomic E-state index is 0.0870. The maximum atomic E-state index is 12.3. The lowest BCUT2D eigenvalue weighted by Crippen LogP contribution is -2.48. The molecule has 4 unspecified atom stereocenters. The van der Waals surface area contributed by atoms with Gasteiger partial charge in [-0.05, 0) is 57.2 Å². The van der Waals surface area contributed by atoms with E-state index in [2.05, 4.69) is 22.5 Å². The molecular formula is C15H27N3O. The fourth-order valence-corrected chi connectivity index (χ4v) is 4.35. The Hall–Kier alpha value is -0.610. The first-order chi connectivity index (χ1) is 9.29. The van der Waals surface area contributed by atoms with Gasteiger partial charge in [0, 0.05) is 12.6 Å². The van der Waals surface area contributed by atoms with Crippen molar-refractivity contribution < 1.29 is 4.79 Å². The second-order valence-electron chi connectivity index (χ2n) is 6.41. The van der Waals surface area contributed by atoms with Gasteiger partial charge in [-0.3, -0.25) is 9.69 Å². The number of amides is 1. The smallest absolute Gasteiger partial charge is 0.237 e. The number of likely N-dealkylation sites (tertiary alicyclic amines) is 1. The van der Waals surface area contributed by atoms with Gasteiger partial charge in [-0.25, -0.2) is 0 Å². The highest BCUT2D eigenvalue weighted by molar-refractivity contribution is 5.82. The van der Waals surface area contributed by atoms with Crippen LogP contribution in [0, 0.1) is 11.8 Å². The zero-order chi connectivity index (χ0) is 13.2. The van der Waals surface area contributed by atoms with Crippen LogP contribution in [-0.4, -0.2) is 49.1 Å². The van der Waals surface area contributed by atoms with Crippen molar-refractivity contribution in [1.29, 1.82) is 0 Å². The molecule has 1 amide bonds. The summed E-state index contributed by atoms with van der Waals surface area (Å²) < 4.78 is 0. The molecule has 2 N–H and O–H groups in total.